The van der Waals surface area contributed by atoms with Crippen molar-refractivity contribution in [3.05, 3.63) is 54.9 Å². The SMILES string of the molecule is FC(F)(F)c1ncn(-c2ccc(N3C=CC=CC3)cn2)n1. The van der Waals surface area contributed by atoms with Crippen LogP contribution in [0.2, 0.25) is 0 Å². The van der Waals surface area contributed by atoms with Crippen molar-refractivity contribution in [3.8, 4) is 5.82 Å². The third kappa shape index (κ3) is 2.78. The summed E-state index contributed by atoms with van der Waals surface area (Å²) < 4.78 is 38.3. The lowest BCUT2D eigenvalue weighted by atomic mass is 10.3. The molecular weight excluding hydrogens is 283 g/mol. The summed E-state index contributed by atoms with van der Waals surface area (Å²) >= 11 is 0. The molecule has 0 bridgehead atoms. The van der Waals surface area contributed by atoms with E-state index in [0.717, 1.165) is 23.2 Å². The smallest absolute Gasteiger partial charge is 0.343 e. The molecule has 0 atom stereocenters. The lowest BCUT2D eigenvalue weighted by Gasteiger charge is -2.20. The van der Waals surface area contributed by atoms with E-state index in [9.17, 15) is 13.2 Å². The number of rotatable bonds is 2. The second-order valence-electron chi connectivity index (χ2n) is 4.31. The van der Waals surface area contributed by atoms with E-state index in [-0.39, 0.29) is 5.82 Å². The van der Waals surface area contributed by atoms with E-state index in [0.29, 0.717) is 0 Å². The summed E-state index contributed by atoms with van der Waals surface area (Å²) in [5.41, 5.74) is 0.843. The van der Waals surface area contributed by atoms with Gasteiger partial charge in [-0.1, -0.05) is 12.2 Å². The first-order chi connectivity index (χ1) is 10.0. The number of hydrogen-bond acceptors (Lipinski definition) is 4. The number of hydrogen-bond donors (Lipinski definition) is 0. The van der Waals surface area contributed by atoms with Gasteiger partial charge in [-0.15, -0.1) is 5.10 Å². The Bertz CT molecular complexity index is 685. The minimum absolute atomic E-state index is 0.276. The van der Waals surface area contributed by atoms with E-state index in [2.05, 4.69) is 15.1 Å². The highest BCUT2D eigenvalue weighted by molar-refractivity contribution is 5.51. The molecule has 3 rings (SSSR count). The number of allylic oxidation sites excluding steroid dienone is 2. The van der Waals surface area contributed by atoms with Gasteiger partial charge in [-0.05, 0) is 18.2 Å². The maximum atomic E-state index is 12.4. The van der Waals surface area contributed by atoms with Crippen LogP contribution in [0.5, 0.6) is 0 Å². The number of halogens is 3. The summed E-state index contributed by atoms with van der Waals surface area (Å²) in [5, 5.41) is 3.37. The summed E-state index contributed by atoms with van der Waals surface area (Å²) in [6, 6.07) is 3.36. The van der Waals surface area contributed by atoms with Crippen LogP contribution in [0, 0.1) is 0 Å². The fourth-order valence-corrected chi connectivity index (χ4v) is 1.85. The van der Waals surface area contributed by atoms with Crippen LogP contribution in [0.4, 0.5) is 18.9 Å². The van der Waals surface area contributed by atoms with Crippen LogP contribution in [0.3, 0.4) is 0 Å². The number of aromatic nitrogens is 4. The van der Waals surface area contributed by atoms with Gasteiger partial charge in [0.15, 0.2) is 5.82 Å². The second-order valence-corrected chi connectivity index (χ2v) is 4.31. The monoisotopic (exact) mass is 293 g/mol. The molecule has 8 heteroatoms. The van der Waals surface area contributed by atoms with Gasteiger partial charge in [0.1, 0.15) is 6.33 Å². The molecule has 0 aromatic carbocycles. The normalized spacial score (nSPS) is 14.7. The van der Waals surface area contributed by atoms with Crippen LogP contribution in [0.25, 0.3) is 5.82 Å². The number of nitrogens with zero attached hydrogens (tertiary/aromatic N) is 5. The highest BCUT2D eigenvalue weighted by atomic mass is 19.4. The van der Waals surface area contributed by atoms with Crippen molar-refractivity contribution in [2.24, 2.45) is 0 Å². The Labute approximate surface area is 118 Å². The Kier molecular flexibility index (Phi) is 3.20. The molecule has 2 aromatic rings. The first kappa shape index (κ1) is 13.3. The fourth-order valence-electron chi connectivity index (χ4n) is 1.85. The zero-order chi connectivity index (χ0) is 14.9. The average molecular weight is 293 g/mol. The van der Waals surface area contributed by atoms with Gasteiger partial charge in [0.25, 0.3) is 5.82 Å². The van der Waals surface area contributed by atoms with Gasteiger partial charge < -0.3 is 4.90 Å². The van der Waals surface area contributed by atoms with Crippen molar-refractivity contribution in [3.63, 3.8) is 0 Å². The molecule has 0 unspecified atom stereocenters. The molecule has 0 spiro atoms. The lowest BCUT2D eigenvalue weighted by molar-refractivity contribution is -0.144. The van der Waals surface area contributed by atoms with Crippen molar-refractivity contribution in [2.75, 3.05) is 11.4 Å². The summed E-state index contributed by atoms with van der Waals surface area (Å²) in [7, 11) is 0. The molecule has 0 aliphatic carbocycles. The summed E-state index contributed by atoms with van der Waals surface area (Å²) in [6.07, 6.45) is 5.73. The molecule has 108 valence electrons. The average Bonchev–Trinajstić information content (AvgIpc) is 2.98. The van der Waals surface area contributed by atoms with Crippen molar-refractivity contribution < 1.29 is 13.2 Å². The number of anilines is 1. The molecule has 0 N–H and O–H groups in total. The molecule has 21 heavy (non-hydrogen) atoms. The van der Waals surface area contributed by atoms with Crippen LogP contribution in [-0.2, 0) is 6.18 Å². The molecule has 0 saturated carbocycles. The molecule has 2 aromatic heterocycles. The van der Waals surface area contributed by atoms with Gasteiger partial charge in [0.2, 0.25) is 0 Å². The molecule has 0 fully saturated rings. The highest BCUT2D eigenvalue weighted by Gasteiger charge is 2.35. The molecule has 0 saturated heterocycles. The van der Waals surface area contributed by atoms with E-state index >= 15 is 0 Å². The second kappa shape index (κ2) is 5.04. The van der Waals surface area contributed by atoms with E-state index in [1.54, 1.807) is 18.3 Å². The Morgan fingerprint density at radius 1 is 1.10 bits per heavy atom. The van der Waals surface area contributed by atoms with Crippen LogP contribution in [0.1, 0.15) is 5.82 Å². The highest BCUT2D eigenvalue weighted by Crippen LogP contribution is 2.26. The Morgan fingerprint density at radius 3 is 2.52 bits per heavy atom. The van der Waals surface area contributed by atoms with Gasteiger partial charge in [-0.2, -0.15) is 13.2 Å². The zero-order valence-electron chi connectivity index (χ0n) is 10.7. The molecule has 1 aliphatic heterocycles. The van der Waals surface area contributed by atoms with Gasteiger partial charge in [0, 0.05) is 12.7 Å². The van der Waals surface area contributed by atoms with E-state index in [1.807, 2.05) is 29.3 Å². The van der Waals surface area contributed by atoms with E-state index < -0.39 is 12.0 Å². The van der Waals surface area contributed by atoms with E-state index in [4.69, 9.17) is 0 Å². The van der Waals surface area contributed by atoms with Gasteiger partial charge in [-0.3, -0.25) is 0 Å². The fraction of sp³-hybridized carbons (Fsp3) is 0.154. The largest absolute Gasteiger partial charge is 0.453 e. The van der Waals surface area contributed by atoms with Crippen molar-refractivity contribution in [1.29, 1.82) is 0 Å². The maximum Gasteiger partial charge on any atom is 0.453 e. The predicted molar refractivity (Wildman–Crippen MR) is 69.8 cm³/mol. The molecule has 0 radical (unpaired) electrons. The summed E-state index contributed by atoms with van der Waals surface area (Å²) in [4.78, 5) is 9.30. The van der Waals surface area contributed by atoms with Crippen molar-refractivity contribution in [1.82, 2.24) is 19.7 Å². The summed E-state index contributed by atoms with van der Waals surface area (Å²) in [5.74, 6) is -0.907. The van der Waals surface area contributed by atoms with Gasteiger partial charge >= 0.3 is 6.18 Å². The molecule has 3 heterocycles. The van der Waals surface area contributed by atoms with Gasteiger partial charge in [-0.25, -0.2) is 14.6 Å². The van der Waals surface area contributed by atoms with Crippen molar-refractivity contribution in [2.45, 2.75) is 6.18 Å². The molecule has 5 nitrogen and oxygen atoms in total. The molecule has 1 aliphatic rings. The van der Waals surface area contributed by atoms with Crippen LogP contribution < -0.4 is 4.90 Å². The standard InChI is InChI=1S/C13H10F3N5/c14-13(15,16)12-18-9-21(19-12)11-5-4-10(8-17-11)20-6-2-1-3-7-20/h1-6,8-9H,7H2. The predicted octanol–water partition coefficient (Wildman–Crippen LogP) is 2.57. The Balaban J connectivity index is 1.82. The third-order valence-electron chi connectivity index (χ3n) is 2.86. The molecule has 0 amide bonds. The minimum atomic E-state index is -4.56. The maximum absolute atomic E-state index is 12.4. The van der Waals surface area contributed by atoms with Crippen molar-refractivity contribution >= 4 is 5.69 Å². The topological polar surface area (TPSA) is 46.8 Å². The van der Waals surface area contributed by atoms with E-state index in [1.165, 1.54) is 0 Å². The lowest BCUT2D eigenvalue weighted by Crippen LogP contribution is -2.17. The Hall–Kier alpha value is -2.64. The number of alkyl halides is 3. The Morgan fingerprint density at radius 2 is 1.95 bits per heavy atom. The first-order valence-electron chi connectivity index (χ1n) is 6.09. The zero-order valence-corrected chi connectivity index (χ0v) is 10.7. The first-order valence-corrected chi connectivity index (χ1v) is 6.09. The minimum Gasteiger partial charge on any atom is -0.343 e. The van der Waals surface area contributed by atoms with Gasteiger partial charge in [0.05, 0.1) is 11.9 Å². The van der Waals surface area contributed by atoms with Crippen LogP contribution >= 0.6 is 0 Å². The molecular formula is C13H10F3N5. The third-order valence-corrected chi connectivity index (χ3v) is 2.86. The number of pyridine rings is 1. The van der Waals surface area contributed by atoms with Crippen LogP contribution in [-0.4, -0.2) is 26.3 Å². The van der Waals surface area contributed by atoms with Crippen LogP contribution in [0.15, 0.2) is 49.1 Å². The summed E-state index contributed by atoms with van der Waals surface area (Å²) in [6.45, 7) is 0.721. The quantitative estimate of drug-likeness (QED) is 0.854.